The number of aliphatic hydroxyl groups excluding tert-OH is 2. The molecule has 1 unspecified atom stereocenters. The maximum Gasteiger partial charge on any atom is 0.338 e. The second kappa shape index (κ2) is 8.99. The lowest BCUT2D eigenvalue weighted by molar-refractivity contribution is -0.0955. The monoisotopic (exact) mass is 484 g/mol. The van der Waals surface area contributed by atoms with Gasteiger partial charge in [-0.1, -0.05) is 18.2 Å². The van der Waals surface area contributed by atoms with E-state index in [2.05, 4.69) is 0 Å². The van der Waals surface area contributed by atoms with E-state index in [0.717, 1.165) is 12.1 Å². The van der Waals surface area contributed by atoms with Crippen LogP contribution in [0.1, 0.15) is 34.3 Å². The van der Waals surface area contributed by atoms with E-state index >= 15 is 0 Å². The van der Waals surface area contributed by atoms with Gasteiger partial charge in [-0.2, -0.15) is 8.78 Å². The van der Waals surface area contributed by atoms with Crippen LogP contribution in [-0.4, -0.2) is 39.6 Å². The highest BCUT2D eigenvalue weighted by atomic mass is 19.3. The van der Waals surface area contributed by atoms with Crippen molar-refractivity contribution in [2.45, 2.75) is 43.5 Å². The fourth-order valence-electron chi connectivity index (χ4n) is 4.71. The van der Waals surface area contributed by atoms with E-state index in [4.69, 9.17) is 9.84 Å². The van der Waals surface area contributed by atoms with Crippen molar-refractivity contribution >= 4 is 5.97 Å². The van der Waals surface area contributed by atoms with Crippen molar-refractivity contribution in [2.75, 3.05) is 0 Å². The molecule has 34 heavy (non-hydrogen) atoms. The van der Waals surface area contributed by atoms with Crippen molar-refractivity contribution in [1.82, 2.24) is 0 Å². The SMILES string of the molecule is O=C(O)c1ccc2c(c1F)O[C@H]1C[C@@H](O)[C@H](/C=C/C(O)C(F)(F)c3cc(F)ccc3F)[C@H]1CC2. The van der Waals surface area contributed by atoms with Gasteiger partial charge in [-0.3, -0.25) is 0 Å². The van der Waals surface area contributed by atoms with Crippen LogP contribution in [0, 0.1) is 29.3 Å². The molecular formula is C24H21F5O5. The average Bonchev–Trinajstić information content (AvgIpc) is 2.94. The Bertz CT molecular complexity index is 1130. The Kier molecular flexibility index (Phi) is 6.39. The number of hydrogen-bond donors (Lipinski definition) is 3. The third-order valence-electron chi connectivity index (χ3n) is 6.49. The summed E-state index contributed by atoms with van der Waals surface area (Å²) in [6.45, 7) is 0. The molecule has 5 atom stereocenters. The number of carbonyl (C=O) groups is 1. The van der Waals surface area contributed by atoms with Crippen molar-refractivity contribution in [3.05, 3.63) is 76.6 Å². The molecule has 1 fully saturated rings. The minimum atomic E-state index is -4.14. The first kappa shape index (κ1) is 24.2. The van der Waals surface area contributed by atoms with Crippen LogP contribution in [0.15, 0.2) is 42.5 Å². The van der Waals surface area contributed by atoms with Crippen molar-refractivity contribution in [2.24, 2.45) is 11.8 Å². The molecule has 4 rings (SSSR count). The molecule has 0 radical (unpaired) electrons. The molecule has 1 aliphatic carbocycles. The van der Waals surface area contributed by atoms with Crippen LogP contribution in [0.5, 0.6) is 5.75 Å². The molecule has 182 valence electrons. The summed E-state index contributed by atoms with van der Waals surface area (Å²) in [4.78, 5) is 11.2. The molecule has 0 spiro atoms. The molecule has 10 heteroatoms. The maximum absolute atomic E-state index is 14.7. The summed E-state index contributed by atoms with van der Waals surface area (Å²) >= 11 is 0. The van der Waals surface area contributed by atoms with E-state index < -0.39 is 70.6 Å². The maximum atomic E-state index is 14.7. The number of carboxylic acid groups (broad SMARTS) is 1. The smallest absolute Gasteiger partial charge is 0.338 e. The number of benzene rings is 2. The fourth-order valence-corrected chi connectivity index (χ4v) is 4.71. The number of halogens is 5. The van der Waals surface area contributed by atoms with Crippen molar-refractivity contribution in [3.8, 4) is 5.75 Å². The van der Waals surface area contributed by atoms with Gasteiger partial charge in [0.2, 0.25) is 0 Å². The van der Waals surface area contributed by atoms with Gasteiger partial charge in [0.05, 0.1) is 17.2 Å². The Labute approximate surface area is 191 Å². The Balaban J connectivity index is 1.55. The predicted octanol–water partition coefficient (Wildman–Crippen LogP) is 4.20. The second-order valence-electron chi connectivity index (χ2n) is 8.54. The minimum absolute atomic E-state index is 0.0286. The molecule has 0 bridgehead atoms. The lowest BCUT2D eigenvalue weighted by Crippen LogP contribution is -2.31. The molecule has 0 amide bonds. The predicted molar refractivity (Wildman–Crippen MR) is 109 cm³/mol. The normalized spacial score (nSPS) is 25.4. The van der Waals surface area contributed by atoms with Crippen LogP contribution in [0.4, 0.5) is 22.0 Å². The number of aliphatic hydroxyl groups is 2. The Morgan fingerprint density at radius 1 is 1.18 bits per heavy atom. The van der Waals surface area contributed by atoms with E-state index in [1.807, 2.05) is 0 Å². The number of carboxylic acids is 1. The Hall–Kier alpha value is -2.98. The molecule has 5 nitrogen and oxygen atoms in total. The number of ether oxygens (including phenoxy) is 1. The standard InChI is InChI=1S/C24H21F5O5/c25-12-3-7-17(26)16(9-12)24(28,29)20(31)8-6-13-14-4-1-11-2-5-15(23(32)33)21(27)22(11)34-19(14)10-18(13)30/h2-3,5-9,13-14,18-20,30-31H,1,4,10H2,(H,32,33)/b8-6+/t13-,14-,18-,19+,20?/m1/s1. The Morgan fingerprint density at radius 3 is 2.62 bits per heavy atom. The summed E-state index contributed by atoms with van der Waals surface area (Å²) in [5, 5.41) is 29.7. The largest absolute Gasteiger partial charge is 0.487 e. The lowest BCUT2D eigenvalue weighted by atomic mass is 9.87. The quantitative estimate of drug-likeness (QED) is 0.438. The summed E-state index contributed by atoms with van der Waals surface area (Å²) in [5.41, 5.74) is -1.41. The van der Waals surface area contributed by atoms with Gasteiger partial charge < -0.3 is 20.1 Å². The van der Waals surface area contributed by atoms with Crippen molar-refractivity contribution < 1.29 is 46.8 Å². The number of alkyl halides is 2. The van der Waals surface area contributed by atoms with Crippen LogP contribution in [0.3, 0.4) is 0 Å². The van der Waals surface area contributed by atoms with Crippen molar-refractivity contribution in [3.63, 3.8) is 0 Å². The van der Waals surface area contributed by atoms with E-state index in [0.29, 0.717) is 30.2 Å². The molecule has 1 aliphatic heterocycles. The highest BCUT2D eigenvalue weighted by molar-refractivity contribution is 5.88. The van der Waals surface area contributed by atoms with Gasteiger partial charge in [0, 0.05) is 18.3 Å². The fraction of sp³-hybridized carbons (Fsp3) is 0.375. The summed E-state index contributed by atoms with van der Waals surface area (Å²) in [6, 6.07) is 4.11. The number of aromatic carboxylic acids is 1. The van der Waals surface area contributed by atoms with E-state index in [1.165, 1.54) is 12.1 Å². The first-order valence-corrected chi connectivity index (χ1v) is 10.6. The average molecular weight is 484 g/mol. The minimum Gasteiger partial charge on any atom is -0.487 e. The zero-order chi connectivity index (χ0) is 24.8. The summed E-state index contributed by atoms with van der Waals surface area (Å²) in [5.74, 6) is -10.5. The zero-order valence-electron chi connectivity index (χ0n) is 17.6. The van der Waals surface area contributed by atoms with Gasteiger partial charge >= 0.3 is 11.9 Å². The van der Waals surface area contributed by atoms with Crippen LogP contribution >= 0.6 is 0 Å². The first-order chi connectivity index (χ1) is 16.0. The molecule has 2 aromatic rings. The van der Waals surface area contributed by atoms with Gasteiger partial charge in [-0.25, -0.2) is 18.0 Å². The van der Waals surface area contributed by atoms with Gasteiger partial charge in [0.25, 0.3) is 0 Å². The first-order valence-electron chi connectivity index (χ1n) is 10.6. The van der Waals surface area contributed by atoms with E-state index in [-0.39, 0.29) is 18.6 Å². The third kappa shape index (κ3) is 4.27. The number of hydrogen-bond acceptors (Lipinski definition) is 4. The highest BCUT2D eigenvalue weighted by Crippen LogP contribution is 2.44. The van der Waals surface area contributed by atoms with Crippen LogP contribution < -0.4 is 4.74 Å². The van der Waals surface area contributed by atoms with E-state index in [9.17, 15) is 37.0 Å². The molecule has 1 heterocycles. The van der Waals surface area contributed by atoms with Crippen LogP contribution in [0.25, 0.3) is 0 Å². The topological polar surface area (TPSA) is 87.0 Å². The van der Waals surface area contributed by atoms with Gasteiger partial charge in [0.1, 0.15) is 23.8 Å². The third-order valence-corrected chi connectivity index (χ3v) is 6.49. The molecule has 1 saturated carbocycles. The lowest BCUT2D eigenvalue weighted by Gasteiger charge is -2.23. The number of fused-ring (bicyclic) bond motifs is 2. The summed E-state index contributed by atoms with van der Waals surface area (Å²) < 4.78 is 76.8. The molecule has 0 aromatic heterocycles. The molecule has 2 aliphatic rings. The number of rotatable bonds is 5. The molecule has 3 N–H and O–H groups in total. The summed E-state index contributed by atoms with van der Waals surface area (Å²) in [6.07, 6.45) is -1.69. The summed E-state index contributed by atoms with van der Waals surface area (Å²) in [7, 11) is 0. The zero-order valence-corrected chi connectivity index (χ0v) is 17.6. The van der Waals surface area contributed by atoms with Crippen molar-refractivity contribution in [1.29, 1.82) is 0 Å². The van der Waals surface area contributed by atoms with Gasteiger partial charge in [-0.05, 0) is 42.7 Å². The van der Waals surface area contributed by atoms with Crippen LogP contribution in [0.2, 0.25) is 0 Å². The second-order valence-corrected chi connectivity index (χ2v) is 8.54. The molecular weight excluding hydrogens is 463 g/mol. The molecule has 2 aromatic carbocycles. The van der Waals surface area contributed by atoms with Crippen LogP contribution in [-0.2, 0) is 12.3 Å². The van der Waals surface area contributed by atoms with Gasteiger partial charge in [0.15, 0.2) is 11.6 Å². The number of aryl methyl sites for hydroxylation is 1. The van der Waals surface area contributed by atoms with E-state index in [1.54, 1.807) is 0 Å². The highest BCUT2D eigenvalue weighted by Gasteiger charge is 2.46. The molecule has 0 saturated heterocycles. The Morgan fingerprint density at radius 2 is 1.91 bits per heavy atom. The van der Waals surface area contributed by atoms with Gasteiger partial charge in [-0.15, -0.1) is 0 Å².